The van der Waals surface area contributed by atoms with Gasteiger partial charge in [-0.1, -0.05) is 6.92 Å². The third kappa shape index (κ3) is 7.62. The summed E-state index contributed by atoms with van der Waals surface area (Å²) in [6, 6.07) is -0.532. The number of hydrogen-bond donors (Lipinski definition) is 4. The van der Waals surface area contributed by atoms with Crippen LogP contribution in [-0.4, -0.2) is 44.4 Å². The minimum atomic E-state index is -3.52. The number of nitrogens with one attached hydrogen (secondary N) is 2. The molecular weight excluding hydrogens is 274 g/mol. The summed E-state index contributed by atoms with van der Waals surface area (Å²) in [6.07, 6.45) is 0.588. The van der Waals surface area contributed by atoms with Crippen molar-refractivity contribution >= 4 is 22.0 Å². The van der Waals surface area contributed by atoms with Crippen molar-refractivity contribution in [2.75, 3.05) is 18.8 Å². The van der Waals surface area contributed by atoms with Gasteiger partial charge in [-0.2, -0.15) is 0 Å². The highest BCUT2D eigenvalue weighted by molar-refractivity contribution is 7.89. The summed E-state index contributed by atoms with van der Waals surface area (Å²) in [5.74, 6) is -1.20. The van der Waals surface area contributed by atoms with Gasteiger partial charge in [-0.05, 0) is 19.8 Å². The monoisotopic (exact) mass is 295 g/mol. The lowest BCUT2D eigenvalue weighted by Crippen LogP contribution is -2.45. The summed E-state index contributed by atoms with van der Waals surface area (Å²) in [5.41, 5.74) is -1.02. The third-order valence-corrected chi connectivity index (χ3v) is 3.68. The summed E-state index contributed by atoms with van der Waals surface area (Å²) in [5, 5.41) is 18.7. The number of carbonyl (C=O) groups excluding carboxylic acids is 1. The van der Waals surface area contributed by atoms with Crippen LogP contribution < -0.4 is 15.8 Å². The van der Waals surface area contributed by atoms with Crippen LogP contribution in [0.1, 0.15) is 26.7 Å². The van der Waals surface area contributed by atoms with Crippen molar-refractivity contribution in [3.63, 3.8) is 0 Å². The smallest absolute Gasteiger partial charge is 0.314 e. The number of sulfonamides is 1. The second-order valence-electron chi connectivity index (χ2n) is 4.55. The Morgan fingerprint density at radius 3 is 2.32 bits per heavy atom. The first-order valence-corrected chi connectivity index (χ1v) is 7.58. The molecule has 0 aromatic heterocycles. The van der Waals surface area contributed by atoms with E-state index in [1.54, 1.807) is 6.92 Å². The van der Waals surface area contributed by atoms with Crippen LogP contribution in [-0.2, 0) is 14.8 Å². The van der Waals surface area contributed by atoms with Crippen molar-refractivity contribution in [2.45, 2.75) is 26.7 Å². The van der Waals surface area contributed by atoms with Crippen LogP contribution in [0, 0.1) is 5.41 Å². The molecule has 0 fully saturated rings. The van der Waals surface area contributed by atoms with E-state index in [4.69, 9.17) is 10.2 Å². The maximum absolute atomic E-state index is 11.4. The first kappa shape index (κ1) is 17.6. The Hall–Kier alpha value is -1.35. The number of nitrogens with two attached hydrogens (primary N) is 1. The normalized spacial score (nSPS) is 14.5. The molecule has 0 radical (unpaired) electrons. The average Bonchev–Trinajstić information content (AvgIpc) is 2.30. The topological polar surface area (TPSA) is 139 Å². The minimum Gasteiger partial charge on any atom is -0.481 e. The zero-order valence-corrected chi connectivity index (χ0v) is 11.9. The number of primary sulfonamides is 1. The molecule has 112 valence electrons. The zero-order valence-electron chi connectivity index (χ0n) is 11.1. The highest BCUT2D eigenvalue weighted by atomic mass is 32.2. The van der Waals surface area contributed by atoms with Gasteiger partial charge in [0.2, 0.25) is 10.0 Å². The molecule has 5 N–H and O–H groups in total. The van der Waals surface area contributed by atoms with Crippen LogP contribution in [0.3, 0.4) is 0 Å². The molecule has 0 aromatic rings. The number of aliphatic carboxylic acids is 1. The van der Waals surface area contributed by atoms with E-state index < -0.39 is 27.4 Å². The van der Waals surface area contributed by atoms with Crippen molar-refractivity contribution in [3.05, 3.63) is 0 Å². The van der Waals surface area contributed by atoms with E-state index in [-0.39, 0.29) is 25.3 Å². The van der Waals surface area contributed by atoms with E-state index >= 15 is 0 Å². The molecule has 0 aliphatic rings. The highest BCUT2D eigenvalue weighted by Gasteiger charge is 2.31. The number of hydrogen-bond acceptors (Lipinski definition) is 4. The molecule has 0 saturated carbocycles. The Labute approximate surface area is 112 Å². The lowest BCUT2D eigenvalue weighted by molar-refractivity contribution is -0.147. The van der Waals surface area contributed by atoms with Crippen LogP contribution in [0.2, 0.25) is 0 Å². The molecule has 0 saturated heterocycles. The van der Waals surface area contributed by atoms with Crippen LogP contribution in [0.4, 0.5) is 4.79 Å². The SMILES string of the molecule is CCC(C)(CNC(=O)NCCCS(N)(=O)=O)C(=O)O. The molecule has 0 aliphatic carbocycles. The van der Waals surface area contributed by atoms with Crippen LogP contribution in [0.5, 0.6) is 0 Å². The minimum absolute atomic E-state index is 0.000145. The second-order valence-corrected chi connectivity index (χ2v) is 6.28. The van der Waals surface area contributed by atoms with E-state index in [0.29, 0.717) is 6.42 Å². The Kier molecular flexibility index (Phi) is 6.77. The van der Waals surface area contributed by atoms with Gasteiger partial charge in [0.1, 0.15) is 0 Å². The zero-order chi connectivity index (χ0) is 15.1. The number of amides is 2. The first-order valence-electron chi connectivity index (χ1n) is 5.86. The largest absolute Gasteiger partial charge is 0.481 e. The quantitative estimate of drug-likeness (QED) is 0.446. The lowest BCUT2D eigenvalue weighted by Gasteiger charge is -2.23. The van der Waals surface area contributed by atoms with E-state index in [1.807, 2.05) is 0 Å². The van der Waals surface area contributed by atoms with Crippen LogP contribution in [0.15, 0.2) is 0 Å². The molecule has 2 amide bonds. The molecule has 0 rings (SSSR count). The van der Waals surface area contributed by atoms with Gasteiger partial charge >= 0.3 is 12.0 Å². The van der Waals surface area contributed by atoms with Gasteiger partial charge in [0.15, 0.2) is 0 Å². The molecule has 0 spiro atoms. The predicted molar refractivity (Wildman–Crippen MR) is 70.0 cm³/mol. The van der Waals surface area contributed by atoms with E-state index in [0.717, 1.165) is 0 Å². The molecular formula is C10H21N3O5S. The van der Waals surface area contributed by atoms with Gasteiger partial charge in [0, 0.05) is 13.1 Å². The van der Waals surface area contributed by atoms with Crippen molar-refractivity contribution < 1.29 is 23.1 Å². The van der Waals surface area contributed by atoms with Crippen molar-refractivity contribution in [1.82, 2.24) is 10.6 Å². The Morgan fingerprint density at radius 2 is 1.89 bits per heavy atom. The molecule has 19 heavy (non-hydrogen) atoms. The average molecular weight is 295 g/mol. The maximum Gasteiger partial charge on any atom is 0.314 e. The number of carboxylic acid groups (broad SMARTS) is 1. The van der Waals surface area contributed by atoms with Gasteiger partial charge < -0.3 is 15.7 Å². The molecule has 9 heteroatoms. The standard InChI is InChI=1S/C10H21N3O5S/c1-3-10(2,8(14)15)7-13-9(16)12-5-4-6-19(11,17)18/h3-7H2,1-2H3,(H,14,15)(H2,11,17,18)(H2,12,13,16). The molecule has 0 heterocycles. The summed E-state index contributed by atoms with van der Waals surface area (Å²) in [7, 11) is -3.52. The highest BCUT2D eigenvalue weighted by Crippen LogP contribution is 2.19. The van der Waals surface area contributed by atoms with Crippen LogP contribution >= 0.6 is 0 Å². The van der Waals surface area contributed by atoms with Crippen molar-refractivity contribution in [1.29, 1.82) is 0 Å². The fourth-order valence-corrected chi connectivity index (χ4v) is 1.71. The van der Waals surface area contributed by atoms with Gasteiger partial charge in [-0.25, -0.2) is 18.4 Å². The maximum atomic E-state index is 11.4. The number of carbonyl (C=O) groups is 2. The number of urea groups is 1. The molecule has 8 nitrogen and oxygen atoms in total. The first-order chi connectivity index (χ1) is 8.60. The van der Waals surface area contributed by atoms with E-state index in [9.17, 15) is 18.0 Å². The Morgan fingerprint density at radius 1 is 1.32 bits per heavy atom. The predicted octanol–water partition coefficient (Wildman–Crippen LogP) is -0.535. The van der Waals surface area contributed by atoms with E-state index in [2.05, 4.69) is 10.6 Å². The third-order valence-electron chi connectivity index (χ3n) is 2.83. The number of rotatable bonds is 8. The lowest BCUT2D eigenvalue weighted by atomic mass is 9.88. The van der Waals surface area contributed by atoms with Gasteiger partial charge in [-0.3, -0.25) is 4.79 Å². The van der Waals surface area contributed by atoms with E-state index in [1.165, 1.54) is 6.92 Å². The van der Waals surface area contributed by atoms with Crippen molar-refractivity contribution in [2.24, 2.45) is 10.6 Å². The van der Waals surface area contributed by atoms with Crippen LogP contribution in [0.25, 0.3) is 0 Å². The van der Waals surface area contributed by atoms with Crippen molar-refractivity contribution in [3.8, 4) is 0 Å². The summed E-state index contributed by atoms with van der Waals surface area (Å²) in [6.45, 7) is 3.41. The molecule has 1 atom stereocenters. The van der Waals surface area contributed by atoms with Gasteiger partial charge in [-0.15, -0.1) is 0 Å². The Balaban J connectivity index is 3.97. The summed E-state index contributed by atoms with van der Waals surface area (Å²) in [4.78, 5) is 22.3. The molecule has 0 bridgehead atoms. The fraction of sp³-hybridized carbons (Fsp3) is 0.800. The molecule has 0 aliphatic heterocycles. The second kappa shape index (κ2) is 7.29. The fourth-order valence-electron chi connectivity index (χ4n) is 1.16. The van der Waals surface area contributed by atoms with Gasteiger partial charge in [0.05, 0.1) is 11.2 Å². The number of carboxylic acids is 1. The molecule has 1 unspecified atom stereocenters. The molecule has 0 aromatic carbocycles. The summed E-state index contributed by atoms with van der Waals surface area (Å²) >= 11 is 0. The van der Waals surface area contributed by atoms with Gasteiger partial charge in [0.25, 0.3) is 0 Å². The summed E-state index contributed by atoms with van der Waals surface area (Å²) < 4.78 is 21.3. The Bertz CT molecular complexity index is 423.